The third kappa shape index (κ3) is 6.29. The molecule has 2 nitrogen and oxygen atoms in total. The van der Waals surface area contributed by atoms with Crippen molar-refractivity contribution in [1.29, 1.82) is 5.41 Å². The molecule has 0 bridgehead atoms. The van der Waals surface area contributed by atoms with E-state index in [0.29, 0.717) is 11.6 Å². The molecule has 2 heteroatoms. The molecule has 0 fully saturated rings. The number of hydrogen-bond donors (Lipinski definition) is 2. The van der Waals surface area contributed by atoms with Crippen LogP contribution in [-0.2, 0) is 0 Å². The van der Waals surface area contributed by atoms with Crippen LogP contribution < -0.4 is 5.73 Å². The van der Waals surface area contributed by atoms with E-state index in [4.69, 9.17) is 11.1 Å². The van der Waals surface area contributed by atoms with Gasteiger partial charge in [0.1, 0.15) is 0 Å². The molecule has 0 aromatic heterocycles. The van der Waals surface area contributed by atoms with Crippen LogP contribution in [0.3, 0.4) is 0 Å². The van der Waals surface area contributed by atoms with Crippen molar-refractivity contribution in [3.05, 3.63) is 23.8 Å². The van der Waals surface area contributed by atoms with E-state index in [-0.39, 0.29) is 6.04 Å². The topological polar surface area (TPSA) is 49.9 Å². The smallest absolute Gasteiger partial charge is 0.0286 e. The number of hydrogen-bond acceptors (Lipinski definition) is 2. The van der Waals surface area contributed by atoms with E-state index in [1.807, 2.05) is 19.1 Å². The summed E-state index contributed by atoms with van der Waals surface area (Å²) in [7, 11) is 0. The fourth-order valence-electron chi connectivity index (χ4n) is 0.885. The summed E-state index contributed by atoms with van der Waals surface area (Å²) in [4.78, 5) is 0. The highest BCUT2D eigenvalue weighted by molar-refractivity contribution is 5.91. The molecule has 0 aromatic rings. The van der Waals surface area contributed by atoms with Gasteiger partial charge in [-0.2, -0.15) is 0 Å². The highest BCUT2D eigenvalue weighted by Crippen LogP contribution is 2.05. The third-order valence-corrected chi connectivity index (χ3v) is 1.58. The van der Waals surface area contributed by atoms with E-state index in [1.54, 1.807) is 6.92 Å². The van der Waals surface area contributed by atoms with Crippen LogP contribution in [0.2, 0.25) is 0 Å². The third-order valence-electron chi connectivity index (χ3n) is 1.58. The van der Waals surface area contributed by atoms with E-state index < -0.39 is 0 Å². The minimum absolute atomic E-state index is 0.00435. The number of allylic oxidation sites excluding steroid dienone is 2. The van der Waals surface area contributed by atoms with Gasteiger partial charge in [0, 0.05) is 11.8 Å². The molecule has 74 valence electrons. The second kappa shape index (κ2) is 5.70. The molecule has 0 radical (unpaired) electrons. The largest absolute Gasteiger partial charge is 0.324 e. The van der Waals surface area contributed by atoms with Gasteiger partial charge in [-0.1, -0.05) is 26.0 Å². The monoisotopic (exact) mass is 180 g/mol. The van der Waals surface area contributed by atoms with E-state index in [1.165, 1.54) is 0 Å². The molecule has 13 heavy (non-hydrogen) atoms. The minimum Gasteiger partial charge on any atom is -0.324 e. The average molecular weight is 180 g/mol. The lowest BCUT2D eigenvalue weighted by molar-refractivity contribution is 0.822. The Morgan fingerprint density at radius 1 is 1.31 bits per heavy atom. The molecule has 0 spiro atoms. The normalized spacial score (nSPS) is 15.4. The van der Waals surface area contributed by atoms with Crippen LogP contribution in [0.5, 0.6) is 0 Å². The van der Waals surface area contributed by atoms with Crippen molar-refractivity contribution in [3.63, 3.8) is 0 Å². The lowest BCUT2D eigenvalue weighted by atomic mass is 10.1. The number of nitrogens with two attached hydrogens (primary N) is 1. The summed E-state index contributed by atoms with van der Waals surface area (Å²) in [5.41, 5.74) is 7.31. The Morgan fingerprint density at radius 3 is 2.15 bits per heavy atom. The quantitative estimate of drug-likeness (QED) is 0.507. The molecule has 1 atom stereocenters. The minimum atomic E-state index is -0.00435. The van der Waals surface area contributed by atoms with E-state index in [0.717, 1.165) is 5.57 Å². The Balaban J connectivity index is 4.54. The summed E-state index contributed by atoms with van der Waals surface area (Å²) in [6.45, 7) is 7.92. The molecule has 1 unspecified atom stereocenters. The van der Waals surface area contributed by atoms with Crippen LogP contribution in [0.4, 0.5) is 0 Å². The van der Waals surface area contributed by atoms with Gasteiger partial charge in [0.15, 0.2) is 0 Å². The highest BCUT2D eigenvalue weighted by atomic mass is 14.6. The molecule has 0 saturated carbocycles. The van der Waals surface area contributed by atoms with Gasteiger partial charge in [-0.3, -0.25) is 0 Å². The molecule has 0 aliphatic carbocycles. The van der Waals surface area contributed by atoms with Crippen LogP contribution in [0.1, 0.15) is 27.7 Å². The lowest BCUT2D eigenvalue weighted by Gasteiger charge is -2.06. The fourth-order valence-corrected chi connectivity index (χ4v) is 0.885. The van der Waals surface area contributed by atoms with Crippen LogP contribution >= 0.6 is 0 Å². The van der Waals surface area contributed by atoms with Gasteiger partial charge in [0.25, 0.3) is 0 Å². The van der Waals surface area contributed by atoms with E-state index >= 15 is 0 Å². The van der Waals surface area contributed by atoms with Crippen molar-refractivity contribution in [2.24, 2.45) is 11.7 Å². The molecule has 0 heterocycles. The van der Waals surface area contributed by atoms with E-state index in [2.05, 4.69) is 19.9 Å². The van der Waals surface area contributed by atoms with Crippen molar-refractivity contribution in [2.45, 2.75) is 33.7 Å². The second-order valence-corrected chi connectivity index (χ2v) is 3.72. The predicted octanol–water partition coefficient (Wildman–Crippen LogP) is 2.51. The Labute approximate surface area is 81.0 Å². The lowest BCUT2D eigenvalue weighted by Crippen LogP contribution is -2.17. The highest BCUT2D eigenvalue weighted by Gasteiger charge is 1.99. The molecule has 0 aliphatic rings. The van der Waals surface area contributed by atoms with Crippen LogP contribution in [0, 0.1) is 11.3 Å². The standard InChI is InChI=1S/C11H20N2/c1-8(2)5-6-11(10(4)13)7-9(3)12/h5-8,10,12H,13H2,1-4H3/b6-5+,11-7+,12-9?. The molecule has 3 N–H and O–H groups in total. The van der Waals surface area contributed by atoms with Gasteiger partial charge < -0.3 is 11.1 Å². The van der Waals surface area contributed by atoms with Crippen LogP contribution in [0.15, 0.2) is 23.8 Å². The Hall–Kier alpha value is -0.890. The van der Waals surface area contributed by atoms with Gasteiger partial charge in [0.2, 0.25) is 0 Å². The molecular formula is C11H20N2. The first-order chi connectivity index (χ1) is 5.93. The van der Waals surface area contributed by atoms with Crippen molar-refractivity contribution < 1.29 is 0 Å². The van der Waals surface area contributed by atoms with Gasteiger partial charge in [-0.15, -0.1) is 0 Å². The summed E-state index contributed by atoms with van der Waals surface area (Å²) in [5, 5.41) is 7.34. The van der Waals surface area contributed by atoms with Crippen LogP contribution in [-0.4, -0.2) is 11.8 Å². The Morgan fingerprint density at radius 2 is 1.85 bits per heavy atom. The summed E-state index contributed by atoms with van der Waals surface area (Å²) < 4.78 is 0. The summed E-state index contributed by atoms with van der Waals surface area (Å²) in [5.74, 6) is 0.521. The Bertz CT molecular complexity index is 222. The summed E-state index contributed by atoms with van der Waals surface area (Å²) >= 11 is 0. The maximum atomic E-state index is 7.34. The SMILES string of the molecule is CC(=N)/C=C(\C=C\C(C)C)C(C)N. The molecule has 0 aromatic carbocycles. The fraction of sp³-hybridized carbons (Fsp3) is 0.545. The molecule has 0 amide bonds. The number of nitrogens with one attached hydrogen (secondary N) is 1. The zero-order valence-electron chi connectivity index (χ0n) is 8.96. The van der Waals surface area contributed by atoms with Gasteiger partial charge in [-0.25, -0.2) is 0 Å². The van der Waals surface area contributed by atoms with E-state index in [9.17, 15) is 0 Å². The van der Waals surface area contributed by atoms with Gasteiger partial charge >= 0.3 is 0 Å². The maximum absolute atomic E-state index is 7.34. The molecule has 0 rings (SSSR count). The second-order valence-electron chi connectivity index (χ2n) is 3.72. The molecular weight excluding hydrogens is 160 g/mol. The van der Waals surface area contributed by atoms with Crippen molar-refractivity contribution in [2.75, 3.05) is 0 Å². The average Bonchev–Trinajstić information content (AvgIpc) is 1.96. The first-order valence-corrected chi connectivity index (χ1v) is 4.64. The van der Waals surface area contributed by atoms with Gasteiger partial charge in [-0.05, 0) is 31.4 Å². The van der Waals surface area contributed by atoms with Gasteiger partial charge in [0.05, 0.1) is 0 Å². The Kier molecular flexibility index (Phi) is 5.31. The molecule has 0 saturated heterocycles. The number of rotatable bonds is 4. The van der Waals surface area contributed by atoms with Crippen molar-refractivity contribution in [1.82, 2.24) is 0 Å². The molecule has 0 aliphatic heterocycles. The summed E-state index contributed by atoms with van der Waals surface area (Å²) in [6.07, 6.45) is 5.91. The summed E-state index contributed by atoms with van der Waals surface area (Å²) in [6, 6.07) is -0.00435. The van der Waals surface area contributed by atoms with Crippen molar-refractivity contribution in [3.8, 4) is 0 Å². The zero-order chi connectivity index (χ0) is 10.4. The van der Waals surface area contributed by atoms with Crippen molar-refractivity contribution >= 4 is 5.71 Å². The van der Waals surface area contributed by atoms with Crippen LogP contribution in [0.25, 0.3) is 0 Å². The first kappa shape index (κ1) is 12.1. The first-order valence-electron chi connectivity index (χ1n) is 4.64. The maximum Gasteiger partial charge on any atom is 0.0286 e. The predicted molar refractivity (Wildman–Crippen MR) is 59.1 cm³/mol. The zero-order valence-corrected chi connectivity index (χ0v) is 8.96.